The van der Waals surface area contributed by atoms with E-state index in [0.29, 0.717) is 18.8 Å². The van der Waals surface area contributed by atoms with Crippen LogP contribution in [0, 0.1) is 17.0 Å². The summed E-state index contributed by atoms with van der Waals surface area (Å²) in [6, 6.07) is 4.76. The molecule has 1 atom stereocenters. The lowest BCUT2D eigenvalue weighted by molar-refractivity contribution is -0.384. The van der Waals surface area contributed by atoms with Crippen molar-refractivity contribution < 1.29 is 13.3 Å². The van der Waals surface area contributed by atoms with Crippen molar-refractivity contribution in [3.8, 4) is 0 Å². The molecule has 0 spiro atoms. The van der Waals surface area contributed by atoms with Crippen LogP contribution >= 0.6 is 0 Å². The third-order valence-electron chi connectivity index (χ3n) is 3.53. The van der Waals surface area contributed by atoms with E-state index in [9.17, 15) is 18.5 Å². The molecular weight excluding hydrogens is 294 g/mol. The molecule has 0 aromatic heterocycles. The van der Waals surface area contributed by atoms with E-state index >= 15 is 0 Å². The summed E-state index contributed by atoms with van der Waals surface area (Å²) < 4.78 is 25.3. The van der Waals surface area contributed by atoms with Crippen LogP contribution in [0.2, 0.25) is 0 Å². The predicted octanol–water partition coefficient (Wildman–Crippen LogP) is 1.42. The number of rotatable bonds is 4. The second-order valence-electron chi connectivity index (χ2n) is 5.37. The van der Waals surface area contributed by atoms with E-state index in [4.69, 9.17) is 0 Å². The summed E-state index contributed by atoms with van der Waals surface area (Å²) >= 11 is 0. The van der Waals surface area contributed by atoms with Gasteiger partial charge in [0, 0.05) is 25.2 Å². The topological polar surface area (TPSA) is 92.6 Å². The Morgan fingerprint density at radius 2 is 2.14 bits per heavy atom. The molecule has 0 radical (unpaired) electrons. The molecule has 8 heteroatoms. The van der Waals surface area contributed by atoms with Crippen LogP contribution < -0.4 is 9.62 Å². The molecule has 2 rings (SSSR count). The predicted molar refractivity (Wildman–Crippen MR) is 81.0 cm³/mol. The first-order valence-electron chi connectivity index (χ1n) is 6.74. The molecule has 1 unspecified atom stereocenters. The van der Waals surface area contributed by atoms with Gasteiger partial charge in [-0.3, -0.25) is 10.1 Å². The minimum atomic E-state index is -3.28. The van der Waals surface area contributed by atoms with E-state index in [1.807, 2.05) is 17.9 Å². The fourth-order valence-corrected chi connectivity index (χ4v) is 3.58. The number of aryl methyl sites for hydroxylation is 1. The van der Waals surface area contributed by atoms with E-state index in [2.05, 4.69) is 4.72 Å². The van der Waals surface area contributed by atoms with Crippen LogP contribution in [0.15, 0.2) is 18.2 Å². The van der Waals surface area contributed by atoms with Crippen LogP contribution in [-0.2, 0) is 10.0 Å². The summed E-state index contributed by atoms with van der Waals surface area (Å²) in [5, 5.41) is 11.2. The summed E-state index contributed by atoms with van der Waals surface area (Å²) in [6.45, 7) is 2.96. The van der Waals surface area contributed by atoms with Gasteiger partial charge in [0.2, 0.25) is 10.0 Å². The van der Waals surface area contributed by atoms with E-state index in [1.165, 1.54) is 6.07 Å². The highest BCUT2D eigenvalue weighted by Crippen LogP contribution is 2.33. The molecule has 0 bridgehead atoms. The van der Waals surface area contributed by atoms with Gasteiger partial charge in [0.1, 0.15) is 5.69 Å². The average Bonchev–Trinajstić information content (AvgIpc) is 2.36. The number of anilines is 1. The first kappa shape index (κ1) is 15.7. The van der Waals surface area contributed by atoms with Crippen LogP contribution in [0.3, 0.4) is 0 Å². The second-order valence-corrected chi connectivity index (χ2v) is 7.15. The fourth-order valence-electron chi connectivity index (χ4n) is 2.78. The monoisotopic (exact) mass is 313 g/mol. The molecule has 1 aliphatic rings. The molecule has 0 saturated carbocycles. The highest BCUT2D eigenvalue weighted by molar-refractivity contribution is 7.88. The Balaban J connectivity index is 2.28. The molecule has 1 aromatic carbocycles. The number of nitrogens with zero attached hydrogens (tertiary/aromatic N) is 2. The van der Waals surface area contributed by atoms with Crippen molar-refractivity contribution in [3.63, 3.8) is 0 Å². The Bertz CT molecular complexity index is 645. The number of sulfonamides is 1. The highest BCUT2D eigenvalue weighted by atomic mass is 32.2. The number of nitro groups is 1. The minimum absolute atomic E-state index is 0.0648. The van der Waals surface area contributed by atoms with Crippen molar-refractivity contribution >= 4 is 21.4 Å². The Morgan fingerprint density at radius 1 is 1.43 bits per heavy atom. The zero-order valence-electron chi connectivity index (χ0n) is 12.1. The van der Waals surface area contributed by atoms with E-state index in [-0.39, 0.29) is 11.7 Å². The van der Waals surface area contributed by atoms with Crippen LogP contribution in [-0.4, -0.2) is 38.7 Å². The molecule has 0 amide bonds. The highest BCUT2D eigenvalue weighted by Gasteiger charge is 2.27. The molecule has 1 fully saturated rings. The average molecular weight is 313 g/mol. The van der Waals surface area contributed by atoms with Crippen molar-refractivity contribution in [1.29, 1.82) is 0 Å². The van der Waals surface area contributed by atoms with Gasteiger partial charge in [-0.25, -0.2) is 13.1 Å². The number of para-hydroxylation sites is 1. The lowest BCUT2D eigenvalue weighted by Crippen LogP contribution is -2.47. The van der Waals surface area contributed by atoms with E-state index in [0.717, 1.165) is 24.7 Å². The third kappa shape index (κ3) is 3.92. The molecular formula is C13H19N3O4S. The molecule has 1 heterocycles. The number of hydrogen-bond donors (Lipinski definition) is 1. The van der Waals surface area contributed by atoms with Crippen molar-refractivity contribution in [3.05, 3.63) is 33.9 Å². The number of benzene rings is 1. The Hall–Kier alpha value is -1.67. The summed E-state index contributed by atoms with van der Waals surface area (Å²) in [6.07, 6.45) is 2.66. The molecule has 0 aliphatic carbocycles. The van der Waals surface area contributed by atoms with Crippen molar-refractivity contribution in [2.45, 2.75) is 25.8 Å². The van der Waals surface area contributed by atoms with Crippen LogP contribution in [0.1, 0.15) is 18.4 Å². The molecule has 21 heavy (non-hydrogen) atoms. The fraction of sp³-hybridized carbons (Fsp3) is 0.538. The van der Waals surface area contributed by atoms with Crippen molar-refractivity contribution in [2.75, 3.05) is 24.2 Å². The van der Waals surface area contributed by atoms with Crippen LogP contribution in [0.5, 0.6) is 0 Å². The van der Waals surface area contributed by atoms with Gasteiger partial charge in [-0.05, 0) is 25.3 Å². The van der Waals surface area contributed by atoms with Gasteiger partial charge in [-0.2, -0.15) is 0 Å². The summed E-state index contributed by atoms with van der Waals surface area (Å²) in [5.41, 5.74) is 1.47. The van der Waals surface area contributed by atoms with Gasteiger partial charge < -0.3 is 4.90 Å². The maximum absolute atomic E-state index is 11.3. The van der Waals surface area contributed by atoms with Crippen LogP contribution in [0.25, 0.3) is 0 Å². The largest absolute Gasteiger partial charge is 0.364 e. The lowest BCUT2D eigenvalue weighted by Gasteiger charge is -2.34. The van der Waals surface area contributed by atoms with Gasteiger partial charge in [-0.15, -0.1) is 0 Å². The molecule has 1 aromatic rings. The quantitative estimate of drug-likeness (QED) is 0.670. The van der Waals surface area contributed by atoms with Gasteiger partial charge >= 0.3 is 0 Å². The minimum Gasteiger partial charge on any atom is -0.364 e. The first-order chi connectivity index (χ1) is 9.78. The first-order valence-corrected chi connectivity index (χ1v) is 8.63. The Labute approximate surface area is 124 Å². The number of hydrogen-bond acceptors (Lipinski definition) is 5. The van der Waals surface area contributed by atoms with Gasteiger partial charge in [0.25, 0.3) is 5.69 Å². The van der Waals surface area contributed by atoms with E-state index in [1.54, 1.807) is 6.07 Å². The Morgan fingerprint density at radius 3 is 2.76 bits per heavy atom. The smallest absolute Gasteiger partial charge is 0.292 e. The normalized spacial score (nSPS) is 19.5. The van der Waals surface area contributed by atoms with Gasteiger partial charge in [0.15, 0.2) is 0 Å². The standard InChI is InChI=1S/C13H19N3O4S/c1-10-5-3-7-12(16(17)18)13(10)15-8-4-6-11(9-15)14-21(2,19)20/h3,5,7,11,14H,4,6,8-9H2,1-2H3. The molecule has 1 saturated heterocycles. The zero-order chi connectivity index (χ0) is 15.6. The lowest BCUT2D eigenvalue weighted by atomic mass is 10.0. The number of nitrogens with one attached hydrogen (secondary N) is 1. The zero-order valence-corrected chi connectivity index (χ0v) is 12.9. The molecule has 1 aliphatic heterocycles. The summed E-state index contributed by atoms with van der Waals surface area (Å²) in [5.74, 6) is 0. The Kier molecular flexibility index (Phi) is 4.48. The number of piperidine rings is 1. The van der Waals surface area contributed by atoms with Crippen molar-refractivity contribution in [1.82, 2.24) is 4.72 Å². The van der Waals surface area contributed by atoms with Crippen molar-refractivity contribution in [2.24, 2.45) is 0 Å². The molecule has 1 N–H and O–H groups in total. The summed E-state index contributed by atoms with van der Waals surface area (Å²) in [7, 11) is -3.28. The number of nitro benzene ring substituents is 1. The van der Waals surface area contributed by atoms with E-state index < -0.39 is 14.9 Å². The SMILES string of the molecule is Cc1cccc([N+](=O)[O-])c1N1CCCC(NS(C)(=O)=O)C1. The summed E-state index contributed by atoms with van der Waals surface area (Å²) in [4.78, 5) is 12.7. The van der Waals surface area contributed by atoms with Crippen LogP contribution in [0.4, 0.5) is 11.4 Å². The molecule has 7 nitrogen and oxygen atoms in total. The maximum Gasteiger partial charge on any atom is 0.292 e. The third-order valence-corrected chi connectivity index (χ3v) is 4.29. The molecule has 116 valence electrons. The van der Waals surface area contributed by atoms with Gasteiger partial charge in [-0.1, -0.05) is 12.1 Å². The maximum atomic E-state index is 11.3. The second kappa shape index (κ2) is 5.98. The van der Waals surface area contributed by atoms with Gasteiger partial charge in [0.05, 0.1) is 11.2 Å².